The number of thioether (sulfide) groups is 1. The molecule has 3 aromatic rings. The average Bonchev–Trinajstić information content (AvgIpc) is 3.38. The molecular weight excluding hydrogens is 409 g/mol. The maximum absolute atomic E-state index is 13.4. The van der Waals surface area contributed by atoms with E-state index in [1.165, 1.54) is 30.2 Å². The van der Waals surface area contributed by atoms with Crippen LogP contribution in [0.2, 0.25) is 0 Å². The first kappa shape index (κ1) is 21.3. The van der Waals surface area contributed by atoms with Crippen molar-refractivity contribution >= 4 is 29.3 Å². The van der Waals surface area contributed by atoms with E-state index in [1.807, 2.05) is 0 Å². The third kappa shape index (κ3) is 5.35. The Hall–Kier alpha value is -3.40. The molecule has 0 radical (unpaired) electrons. The van der Waals surface area contributed by atoms with Gasteiger partial charge in [-0.2, -0.15) is 0 Å². The summed E-state index contributed by atoms with van der Waals surface area (Å²) < 4.78 is 20.2. The number of furan rings is 1. The van der Waals surface area contributed by atoms with Crippen LogP contribution in [0, 0.1) is 12.7 Å². The van der Waals surface area contributed by atoms with Gasteiger partial charge in [-0.1, -0.05) is 23.9 Å². The summed E-state index contributed by atoms with van der Waals surface area (Å²) in [5.74, 6) is -0.316. The van der Waals surface area contributed by atoms with E-state index in [-0.39, 0.29) is 29.9 Å². The molecule has 0 unspecified atom stereocenters. The fourth-order valence-corrected chi connectivity index (χ4v) is 3.34. The number of rotatable bonds is 9. The van der Waals surface area contributed by atoms with Gasteiger partial charge in [-0.3, -0.25) is 9.59 Å². The van der Waals surface area contributed by atoms with Crippen LogP contribution in [0.3, 0.4) is 0 Å². The van der Waals surface area contributed by atoms with Gasteiger partial charge >= 0.3 is 0 Å². The zero-order valence-electron chi connectivity index (χ0n) is 16.2. The van der Waals surface area contributed by atoms with Crippen LogP contribution in [0.25, 0.3) is 0 Å². The van der Waals surface area contributed by atoms with E-state index in [2.05, 4.69) is 27.4 Å². The van der Waals surface area contributed by atoms with Gasteiger partial charge in [0.2, 0.25) is 5.91 Å². The maximum Gasteiger partial charge on any atom is 0.287 e. The first-order chi connectivity index (χ1) is 14.5. The third-order valence-electron chi connectivity index (χ3n) is 4.06. The average molecular weight is 429 g/mol. The molecule has 30 heavy (non-hydrogen) atoms. The molecule has 2 amide bonds. The molecule has 0 atom stereocenters. The van der Waals surface area contributed by atoms with Crippen molar-refractivity contribution in [3.05, 3.63) is 72.2 Å². The number of amides is 2. The lowest BCUT2D eigenvalue weighted by Crippen LogP contribution is -2.24. The van der Waals surface area contributed by atoms with E-state index in [1.54, 1.807) is 35.8 Å². The lowest BCUT2D eigenvalue weighted by Gasteiger charge is -2.10. The molecule has 0 aliphatic carbocycles. The number of hydrogen-bond donors (Lipinski definition) is 2. The molecule has 3 rings (SSSR count). The van der Waals surface area contributed by atoms with Gasteiger partial charge in [-0.15, -0.1) is 16.8 Å². The fraction of sp³-hybridized carbons (Fsp3) is 0.200. The summed E-state index contributed by atoms with van der Waals surface area (Å²) in [5.41, 5.74) is 1.19. The Bertz CT molecular complexity index is 1050. The number of carbonyl (C=O) groups excluding carboxylic acids is 2. The summed E-state index contributed by atoms with van der Waals surface area (Å²) in [6.07, 6.45) is 3.09. The van der Waals surface area contributed by atoms with Crippen LogP contribution < -0.4 is 10.6 Å². The molecule has 8 nitrogen and oxygen atoms in total. The number of aromatic nitrogens is 3. The van der Waals surface area contributed by atoms with Crippen LogP contribution in [-0.4, -0.2) is 32.3 Å². The number of aryl methyl sites for hydroxylation is 1. The SMILES string of the molecule is C=CCn1c(CNC(=O)c2ccco2)nnc1SCC(=O)Nc1cc(F)ccc1C. The Morgan fingerprint density at radius 1 is 1.33 bits per heavy atom. The second-order valence-corrected chi connectivity index (χ2v) is 7.20. The number of nitrogens with one attached hydrogen (secondary N) is 2. The monoisotopic (exact) mass is 429 g/mol. The largest absolute Gasteiger partial charge is 0.459 e. The van der Waals surface area contributed by atoms with Crippen LogP contribution in [0.15, 0.2) is 58.8 Å². The van der Waals surface area contributed by atoms with E-state index in [4.69, 9.17) is 4.42 Å². The molecule has 1 aromatic carbocycles. The second kappa shape index (κ2) is 9.88. The molecule has 0 spiro atoms. The smallest absolute Gasteiger partial charge is 0.287 e. The molecule has 2 N–H and O–H groups in total. The van der Waals surface area contributed by atoms with E-state index < -0.39 is 5.82 Å². The van der Waals surface area contributed by atoms with Gasteiger partial charge in [0.25, 0.3) is 5.91 Å². The molecule has 0 aliphatic heterocycles. The Morgan fingerprint density at radius 3 is 2.90 bits per heavy atom. The molecule has 0 bridgehead atoms. The highest BCUT2D eigenvalue weighted by Gasteiger charge is 2.16. The van der Waals surface area contributed by atoms with Crippen molar-refractivity contribution in [3.63, 3.8) is 0 Å². The molecular formula is C20H20FN5O3S. The maximum atomic E-state index is 13.4. The highest BCUT2D eigenvalue weighted by molar-refractivity contribution is 7.99. The molecule has 10 heteroatoms. The van der Waals surface area contributed by atoms with Crippen LogP contribution in [0.4, 0.5) is 10.1 Å². The van der Waals surface area contributed by atoms with Crippen molar-refractivity contribution in [2.75, 3.05) is 11.1 Å². The lowest BCUT2D eigenvalue weighted by molar-refractivity contribution is -0.113. The van der Waals surface area contributed by atoms with Crippen LogP contribution in [0.1, 0.15) is 21.9 Å². The minimum absolute atomic E-state index is 0.0595. The highest BCUT2D eigenvalue weighted by Crippen LogP contribution is 2.20. The third-order valence-corrected chi connectivity index (χ3v) is 5.03. The van der Waals surface area contributed by atoms with Crippen molar-refractivity contribution in [1.82, 2.24) is 20.1 Å². The quantitative estimate of drug-likeness (QED) is 0.400. The summed E-state index contributed by atoms with van der Waals surface area (Å²) in [4.78, 5) is 24.3. The summed E-state index contributed by atoms with van der Waals surface area (Å²) in [6.45, 7) is 6.05. The van der Waals surface area contributed by atoms with Gasteiger partial charge in [-0.05, 0) is 36.8 Å². The zero-order chi connectivity index (χ0) is 21.5. The lowest BCUT2D eigenvalue weighted by atomic mass is 10.2. The molecule has 0 fully saturated rings. The predicted molar refractivity (Wildman–Crippen MR) is 111 cm³/mol. The zero-order valence-corrected chi connectivity index (χ0v) is 17.0. The van der Waals surface area contributed by atoms with Crippen molar-refractivity contribution < 1.29 is 18.4 Å². The first-order valence-electron chi connectivity index (χ1n) is 9.01. The van der Waals surface area contributed by atoms with Gasteiger partial charge < -0.3 is 19.6 Å². The van der Waals surface area contributed by atoms with Crippen LogP contribution in [0.5, 0.6) is 0 Å². The Balaban J connectivity index is 1.61. The topological polar surface area (TPSA) is 102 Å². The van der Waals surface area contributed by atoms with E-state index in [0.717, 1.165) is 5.56 Å². The van der Waals surface area contributed by atoms with Crippen LogP contribution >= 0.6 is 11.8 Å². The van der Waals surface area contributed by atoms with Gasteiger partial charge in [0.05, 0.1) is 18.6 Å². The van der Waals surface area contributed by atoms with E-state index >= 15 is 0 Å². The van der Waals surface area contributed by atoms with E-state index in [9.17, 15) is 14.0 Å². The fourth-order valence-electron chi connectivity index (χ4n) is 2.57. The number of anilines is 1. The molecule has 0 saturated heterocycles. The minimum atomic E-state index is -0.421. The normalized spacial score (nSPS) is 10.6. The number of nitrogens with zero attached hydrogens (tertiary/aromatic N) is 3. The van der Waals surface area contributed by atoms with Crippen molar-refractivity contribution in [2.24, 2.45) is 0 Å². The number of benzene rings is 1. The Morgan fingerprint density at radius 2 is 2.17 bits per heavy atom. The van der Waals surface area contributed by atoms with Gasteiger partial charge in [0.15, 0.2) is 16.7 Å². The number of halogens is 1. The number of hydrogen-bond acceptors (Lipinski definition) is 6. The summed E-state index contributed by atoms with van der Waals surface area (Å²) in [5, 5.41) is 14.1. The highest BCUT2D eigenvalue weighted by atomic mass is 32.2. The Labute approximate surface area is 176 Å². The summed E-state index contributed by atoms with van der Waals surface area (Å²) >= 11 is 1.18. The van der Waals surface area contributed by atoms with Gasteiger partial charge in [0, 0.05) is 12.2 Å². The molecule has 0 aliphatic rings. The first-order valence-corrected chi connectivity index (χ1v) is 10.00. The van der Waals surface area contributed by atoms with Crippen molar-refractivity contribution in [2.45, 2.75) is 25.2 Å². The number of carbonyl (C=O) groups is 2. The Kier molecular flexibility index (Phi) is 7.02. The van der Waals surface area contributed by atoms with Crippen molar-refractivity contribution in [3.8, 4) is 0 Å². The van der Waals surface area contributed by atoms with Crippen molar-refractivity contribution in [1.29, 1.82) is 0 Å². The van der Waals surface area contributed by atoms with Crippen LogP contribution in [-0.2, 0) is 17.9 Å². The summed E-state index contributed by atoms with van der Waals surface area (Å²) in [6, 6.07) is 7.40. The second-order valence-electron chi connectivity index (χ2n) is 6.25. The molecule has 0 saturated carbocycles. The minimum Gasteiger partial charge on any atom is -0.459 e. The van der Waals surface area contributed by atoms with Gasteiger partial charge in [-0.25, -0.2) is 4.39 Å². The predicted octanol–water partition coefficient (Wildman–Crippen LogP) is 3.17. The molecule has 156 valence electrons. The molecule has 2 aromatic heterocycles. The number of allylic oxidation sites excluding steroid dienone is 1. The van der Waals surface area contributed by atoms with E-state index in [0.29, 0.717) is 23.2 Å². The van der Waals surface area contributed by atoms with Gasteiger partial charge in [0.1, 0.15) is 5.82 Å². The molecule has 2 heterocycles. The summed E-state index contributed by atoms with van der Waals surface area (Å²) in [7, 11) is 0. The standard InChI is InChI=1S/C20H20FN5O3S/c1-3-8-26-17(11-22-19(28)16-5-4-9-29-16)24-25-20(26)30-12-18(27)23-15-10-14(21)7-6-13(15)2/h3-7,9-10H,1,8,11-12H2,2H3,(H,22,28)(H,23,27).